The van der Waals surface area contributed by atoms with Gasteiger partial charge in [0.05, 0.1) is 11.0 Å². The molecule has 2 atom stereocenters. The van der Waals surface area contributed by atoms with E-state index in [1.54, 1.807) is 0 Å². The van der Waals surface area contributed by atoms with Crippen molar-refractivity contribution in [3.05, 3.63) is 30.1 Å². The highest BCUT2D eigenvalue weighted by Crippen LogP contribution is 2.17. The lowest BCUT2D eigenvalue weighted by molar-refractivity contribution is 0.153. The van der Waals surface area contributed by atoms with Crippen molar-refractivity contribution in [3.63, 3.8) is 0 Å². The highest BCUT2D eigenvalue weighted by Gasteiger charge is 2.24. The quantitative estimate of drug-likeness (QED) is 0.832. The molecule has 1 aliphatic rings. The molecule has 0 bridgehead atoms. The number of benzene rings is 1. The molecule has 4 nitrogen and oxygen atoms in total. The maximum absolute atomic E-state index is 4.76. The van der Waals surface area contributed by atoms with Crippen LogP contribution in [0.4, 0.5) is 0 Å². The molecule has 2 aromatic rings. The molecule has 1 aromatic heterocycles. The van der Waals surface area contributed by atoms with Gasteiger partial charge in [-0.15, -0.1) is 0 Å². The molecule has 2 heterocycles. The fraction of sp³-hybridized carbons (Fsp3) is 0.632. The van der Waals surface area contributed by atoms with Crippen molar-refractivity contribution < 1.29 is 0 Å². The molecule has 0 saturated carbocycles. The van der Waals surface area contributed by atoms with Crippen LogP contribution in [0.1, 0.15) is 32.5 Å². The van der Waals surface area contributed by atoms with E-state index < -0.39 is 0 Å². The summed E-state index contributed by atoms with van der Waals surface area (Å²) in [6.07, 6.45) is 3.47. The summed E-state index contributed by atoms with van der Waals surface area (Å²) in [4.78, 5) is 7.32. The number of likely N-dealkylation sites (tertiary alicyclic amines) is 1. The van der Waals surface area contributed by atoms with E-state index in [0.29, 0.717) is 6.04 Å². The summed E-state index contributed by atoms with van der Waals surface area (Å²) in [5.41, 5.74) is 2.34. The Morgan fingerprint density at radius 1 is 1.30 bits per heavy atom. The van der Waals surface area contributed by atoms with Gasteiger partial charge in [-0.05, 0) is 50.5 Å². The Morgan fingerprint density at radius 2 is 2.13 bits per heavy atom. The average Bonchev–Trinajstić information content (AvgIpc) is 2.89. The maximum atomic E-state index is 4.76. The second-order valence-electron chi connectivity index (χ2n) is 6.90. The number of hydrogen-bond acceptors (Lipinski definition) is 3. The third-order valence-electron chi connectivity index (χ3n) is 5.30. The number of nitrogens with one attached hydrogen (secondary N) is 1. The Labute approximate surface area is 139 Å². The number of para-hydroxylation sites is 2. The molecule has 0 spiro atoms. The van der Waals surface area contributed by atoms with Gasteiger partial charge in [-0.2, -0.15) is 0 Å². The van der Waals surface area contributed by atoms with E-state index in [-0.39, 0.29) is 0 Å². The summed E-state index contributed by atoms with van der Waals surface area (Å²) in [5, 5.41) is 3.78. The molecule has 4 heteroatoms. The summed E-state index contributed by atoms with van der Waals surface area (Å²) in [5.74, 6) is 1.95. The number of fused-ring (bicyclic) bond motifs is 1. The van der Waals surface area contributed by atoms with Gasteiger partial charge in [0.2, 0.25) is 0 Å². The first-order valence-electron chi connectivity index (χ1n) is 9.05. The normalized spacial score (nSPS) is 22.7. The standard InChI is InChI=1S/C19H30N4/c1-4-23-13-11-16(15(2)14-23)20-12-7-10-19-21-17-8-5-6-9-18(17)22(19)3/h5-6,8-9,15-16,20H,4,7,10-14H2,1-3H3. The summed E-state index contributed by atoms with van der Waals surface area (Å²) in [6.45, 7) is 9.39. The minimum Gasteiger partial charge on any atom is -0.331 e. The monoisotopic (exact) mass is 314 g/mol. The topological polar surface area (TPSA) is 33.1 Å². The molecule has 0 radical (unpaired) electrons. The first-order chi connectivity index (χ1) is 11.2. The van der Waals surface area contributed by atoms with Crippen LogP contribution in [-0.4, -0.2) is 46.7 Å². The number of aromatic nitrogens is 2. The summed E-state index contributed by atoms with van der Waals surface area (Å²) in [6, 6.07) is 9.07. The van der Waals surface area contributed by atoms with E-state index >= 15 is 0 Å². The zero-order chi connectivity index (χ0) is 16.2. The molecule has 1 fully saturated rings. The minimum atomic E-state index is 0.679. The van der Waals surface area contributed by atoms with Crippen molar-refractivity contribution in [1.29, 1.82) is 0 Å². The van der Waals surface area contributed by atoms with Crippen molar-refractivity contribution in [1.82, 2.24) is 19.8 Å². The molecule has 3 rings (SSSR count). The number of hydrogen-bond donors (Lipinski definition) is 1. The molecular formula is C19H30N4. The lowest BCUT2D eigenvalue weighted by Crippen LogP contribution is -2.48. The fourth-order valence-electron chi connectivity index (χ4n) is 3.78. The Balaban J connectivity index is 1.47. The molecule has 23 heavy (non-hydrogen) atoms. The number of rotatable bonds is 6. The molecule has 1 aromatic carbocycles. The van der Waals surface area contributed by atoms with Crippen LogP contribution in [0.3, 0.4) is 0 Å². The lowest BCUT2D eigenvalue weighted by Gasteiger charge is -2.36. The SMILES string of the molecule is CCN1CCC(NCCCc2nc3ccccc3n2C)C(C)C1. The van der Waals surface area contributed by atoms with Gasteiger partial charge >= 0.3 is 0 Å². The lowest BCUT2D eigenvalue weighted by atomic mass is 9.94. The first-order valence-corrected chi connectivity index (χ1v) is 9.05. The number of aryl methyl sites for hydroxylation is 2. The summed E-state index contributed by atoms with van der Waals surface area (Å²) >= 11 is 0. The molecule has 2 unspecified atom stereocenters. The van der Waals surface area contributed by atoms with Gasteiger partial charge in [0, 0.05) is 26.1 Å². The summed E-state index contributed by atoms with van der Waals surface area (Å²) < 4.78 is 2.23. The Morgan fingerprint density at radius 3 is 2.87 bits per heavy atom. The molecule has 0 amide bonds. The predicted octanol–water partition coefficient (Wildman–Crippen LogP) is 2.83. The van der Waals surface area contributed by atoms with Crippen LogP contribution in [0.15, 0.2) is 24.3 Å². The Kier molecular flexibility index (Phi) is 5.34. The van der Waals surface area contributed by atoms with E-state index in [9.17, 15) is 0 Å². The van der Waals surface area contributed by atoms with E-state index in [1.165, 1.54) is 37.4 Å². The van der Waals surface area contributed by atoms with Gasteiger partial charge in [-0.1, -0.05) is 26.0 Å². The van der Waals surface area contributed by atoms with Gasteiger partial charge in [0.15, 0.2) is 0 Å². The second kappa shape index (κ2) is 7.45. The van der Waals surface area contributed by atoms with Crippen LogP contribution >= 0.6 is 0 Å². The number of piperidine rings is 1. The zero-order valence-electron chi connectivity index (χ0n) is 14.8. The molecule has 0 aliphatic carbocycles. The Hall–Kier alpha value is -1.39. The van der Waals surface area contributed by atoms with Crippen molar-refractivity contribution in [2.24, 2.45) is 13.0 Å². The predicted molar refractivity (Wildman–Crippen MR) is 96.7 cm³/mol. The van der Waals surface area contributed by atoms with Crippen LogP contribution in [-0.2, 0) is 13.5 Å². The molecule has 1 saturated heterocycles. The van der Waals surface area contributed by atoms with Gasteiger partial charge in [-0.25, -0.2) is 4.98 Å². The fourth-order valence-corrected chi connectivity index (χ4v) is 3.78. The number of nitrogens with zero attached hydrogens (tertiary/aromatic N) is 3. The smallest absolute Gasteiger partial charge is 0.109 e. The van der Waals surface area contributed by atoms with Crippen LogP contribution < -0.4 is 5.32 Å². The number of imidazole rings is 1. The van der Waals surface area contributed by atoms with Crippen molar-refractivity contribution >= 4 is 11.0 Å². The summed E-state index contributed by atoms with van der Waals surface area (Å²) in [7, 11) is 2.13. The largest absolute Gasteiger partial charge is 0.331 e. The van der Waals surface area contributed by atoms with Gasteiger partial charge in [0.1, 0.15) is 5.82 Å². The Bertz CT molecular complexity index is 633. The second-order valence-corrected chi connectivity index (χ2v) is 6.90. The highest BCUT2D eigenvalue weighted by molar-refractivity contribution is 5.75. The van der Waals surface area contributed by atoms with Crippen LogP contribution in [0.25, 0.3) is 11.0 Å². The van der Waals surface area contributed by atoms with E-state index in [0.717, 1.165) is 30.8 Å². The van der Waals surface area contributed by atoms with E-state index in [4.69, 9.17) is 4.98 Å². The molecule has 1 aliphatic heterocycles. The first kappa shape index (κ1) is 16.5. The molecule has 126 valence electrons. The van der Waals surface area contributed by atoms with Gasteiger partial charge in [-0.3, -0.25) is 0 Å². The van der Waals surface area contributed by atoms with Gasteiger partial charge < -0.3 is 14.8 Å². The van der Waals surface area contributed by atoms with E-state index in [2.05, 4.69) is 59.9 Å². The average molecular weight is 314 g/mol. The van der Waals surface area contributed by atoms with Crippen molar-refractivity contribution in [2.75, 3.05) is 26.2 Å². The minimum absolute atomic E-state index is 0.679. The van der Waals surface area contributed by atoms with Crippen molar-refractivity contribution in [3.8, 4) is 0 Å². The van der Waals surface area contributed by atoms with Crippen LogP contribution in [0, 0.1) is 5.92 Å². The maximum Gasteiger partial charge on any atom is 0.109 e. The molecule has 1 N–H and O–H groups in total. The van der Waals surface area contributed by atoms with Crippen LogP contribution in [0.2, 0.25) is 0 Å². The zero-order valence-corrected chi connectivity index (χ0v) is 14.8. The third kappa shape index (κ3) is 3.75. The van der Waals surface area contributed by atoms with Gasteiger partial charge in [0.25, 0.3) is 0 Å². The molecular weight excluding hydrogens is 284 g/mol. The van der Waals surface area contributed by atoms with Crippen molar-refractivity contribution in [2.45, 2.75) is 39.2 Å². The third-order valence-corrected chi connectivity index (χ3v) is 5.30. The highest BCUT2D eigenvalue weighted by atomic mass is 15.1. The van der Waals surface area contributed by atoms with E-state index in [1.807, 2.05) is 0 Å². The van der Waals surface area contributed by atoms with Crippen LogP contribution in [0.5, 0.6) is 0 Å².